The number of aromatic nitrogens is 2. The number of H-pyrrole nitrogens is 1. The second kappa shape index (κ2) is 5.26. The van der Waals surface area contributed by atoms with Crippen LogP contribution in [0.3, 0.4) is 0 Å². The number of carbonyl (C=O) groups excluding carboxylic acids is 1. The van der Waals surface area contributed by atoms with Crippen LogP contribution in [-0.4, -0.2) is 24.5 Å². The fourth-order valence-corrected chi connectivity index (χ4v) is 2.53. The Morgan fingerprint density at radius 2 is 2.05 bits per heavy atom. The fraction of sp³-hybridized carbons (Fsp3) is 0.167. The smallest absolute Gasteiger partial charge is 0.261 e. The highest BCUT2D eigenvalue weighted by Gasteiger charge is 2.14. The highest BCUT2D eigenvalue weighted by molar-refractivity contribution is 8.13. The van der Waals surface area contributed by atoms with Crippen molar-refractivity contribution in [2.75, 3.05) is 5.32 Å². The maximum absolute atomic E-state index is 12.0. The summed E-state index contributed by atoms with van der Waals surface area (Å²) in [5.41, 5.74) is 2.19. The monoisotopic (exact) mass is 313 g/mol. The van der Waals surface area contributed by atoms with E-state index in [1.54, 1.807) is 13.8 Å². The average Bonchev–Trinajstić information content (AvgIpc) is 2.76. The van der Waals surface area contributed by atoms with Gasteiger partial charge in [0, 0.05) is 22.1 Å². The molecule has 0 bridgehead atoms. The molecule has 0 aliphatic heterocycles. The number of benzene rings is 1. The zero-order valence-electron chi connectivity index (χ0n) is 10.8. The standard InChI is InChI=1S/C12H12ClN3O3S/c1-7-5-9(20(13,18)19)3-4-11(7)15-12(17)10-6-14-16-8(10)2/h3-6H,1-2H3,(H,14,16)(H,15,17). The van der Waals surface area contributed by atoms with Gasteiger partial charge in [-0.1, -0.05) is 0 Å². The Balaban J connectivity index is 2.27. The van der Waals surface area contributed by atoms with Gasteiger partial charge in [0.25, 0.3) is 15.0 Å². The van der Waals surface area contributed by atoms with Crippen LogP contribution in [-0.2, 0) is 9.05 Å². The summed E-state index contributed by atoms with van der Waals surface area (Å²) in [5.74, 6) is -0.319. The first kappa shape index (κ1) is 14.5. The number of nitrogens with zero attached hydrogens (tertiary/aromatic N) is 1. The van der Waals surface area contributed by atoms with Crippen molar-refractivity contribution in [3.63, 3.8) is 0 Å². The summed E-state index contributed by atoms with van der Waals surface area (Å²) in [6.45, 7) is 3.42. The van der Waals surface area contributed by atoms with Crippen molar-refractivity contribution in [3.05, 3.63) is 41.2 Å². The van der Waals surface area contributed by atoms with Crippen molar-refractivity contribution in [2.45, 2.75) is 18.7 Å². The SMILES string of the molecule is Cc1cc(S(=O)(=O)Cl)ccc1NC(=O)c1cn[nH]c1C. The highest BCUT2D eigenvalue weighted by Crippen LogP contribution is 2.22. The van der Waals surface area contributed by atoms with Gasteiger partial charge in [0.05, 0.1) is 16.7 Å². The minimum absolute atomic E-state index is 0.00541. The Morgan fingerprint density at radius 3 is 2.55 bits per heavy atom. The number of aromatic amines is 1. The van der Waals surface area contributed by atoms with E-state index in [4.69, 9.17) is 10.7 Å². The predicted octanol–water partition coefficient (Wildman–Crippen LogP) is 2.21. The first-order chi connectivity index (χ1) is 9.29. The van der Waals surface area contributed by atoms with E-state index in [0.29, 0.717) is 22.5 Å². The highest BCUT2D eigenvalue weighted by atomic mass is 35.7. The average molecular weight is 314 g/mol. The Hall–Kier alpha value is -1.86. The number of hydrogen-bond acceptors (Lipinski definition) is 4. The molecule has 2 N–H and O–H groups in total. The third-order valence-electron chi connectivity index (χ3n) is 2.80. The molecular formula is C12H12ClN3O3S. The first-order valence-electron chi connectivity index (χ1n) is 5.65. The van der Waals surface area contributed by atoms with Crippen LogP contribution in [0.25, 0.3) is 0 Å². The molecule has 2 rings (SSSR count). The van der Waals surface area contributed by atoms with Gasteiger partial charge in [-0.2, -0.15) is 5.10 Å². The lowest BCUT2D eigenvalue weighted by atomic mass is 10.2. The van der Waals surface area contributed by atoms with Crippen molar-refractivity contribution in [2.24, 2.45) is 0 Å². The number of carbonyl (C=O) groups is 1. The number of nitrogens with one attached hydrogen (secondary N) is 2. The van der Waals surface area contributed by atoms with Gasteiger partial charge in [-0.3, -0.25) is 9.89 Å². The number of aryl methyl sites for hydroxylation is 2. The van der Waals surface area contributed by atoms with E-state index < -0.39 is 9.05 Å². The molecule has 6 nitrogen and oxygen atoms in total. The van der Waals surface area contributed by atoms with Gasteiger partial charge >= 0.3 is 0 Å². The second-order valence-corrected chi connectivity index (χ2v) is 6.84. The largest absolute Gasteiger partial charge is 0.322 e. The quantitative estimate of drug-likeness (QED) is 0.850. The van der Waals surface area contributed by atoms with Crippen molar-refractivity contribution in [3.8, 4) is 0 Å². The molecule has 20 heavy (non-hydrogen) atoms. The molecule has 0 radical (unpaired) electrons. The number of amides is 1. The lowest BCUT2D eigenvalue weighted by Gasteiger charge is -2.09. The van der Waals surface area contributed by atoms with E-state index >= 15 is 0 Å². The van der Waals surface area contributed by atoms with E-state index in [2.05, 4.69) is 15.5 Å². The summed E-state index contributed by atoms with van der Waals surface area (Å²) >= 11 is 0. The van der Waals surface area contributed by atoms with Crippen molar-refractivity contribution in [1.29, 1.82) is 0 Å². The molecule has 1 aromatic heterocycles. The molecule has 0 spiro atoms. The molecule has 1 aromatic carbocycles. The molecule has 106 valence electrons. The van der Waals surface area contributed by atoms with Crippen LogP contribution in [0.15, 0.2) is 29.3 Å². The van der Waals surface area contributed by atoms with Gasteiger partial charge in [0.1, 0.15) is 0 Å². The van der Waals surface area contributed by atoms with Gasteiger partial charge in [-0.25, -0.2) is 8.42 Å². The predicted molar refractivity (Wildman–Crippen MR) is 75.5 cm³/mol. The number of anilines is 1. The summed E-state index contributed by atoms with van der Waals surface area (Å²) < 4.78 is 22.4. The lowest BCUT2D eigenvalue weighted by molar-refractivity contribution is 0.102. The molecule has 0 atom stereocenters. The molecule has 1 amide bonds. The molecule has 0 fully saturated rings. The topological polar surface area (TPSA) is 91.9 Å². The van der Waals surface area contributed by atoms with Gasteiger partial charge < -0.3 is 5.32 Å². The van der Waals surface area contributed by atoms with E-state index in [1.807, 2.05) is 0 Å². The Labute approximate surface area is 120 Å². The fourth-order valence-electron chi connectivity index (χ4n) is 1.70. The summed E-state index contributed by atoms with van der Waals surface area (Å²) in [6.07, 6.45) is 1.43. The molecule has 0 aliphatic carbocycles. The van der Waals surface area contributed by atoms with Crippen LogP contribution in [0, 0.1) is 13.8 Å². The Bertz CT molecular complexity index is 768. The van der Waals surface area contributed by atoms with Crippen molar-refractivity contribution < 1.29 is 13.2 Å². The van der Waals surface area contributed by atoms with Crippen LogP contribution in [0.2, 0.25) is 0 Å². The molecular weight excluding hydrogens is 302 g/mol. The zero-order chi connectivity index (χ0) is 14.9. The maximum Gasteiger partial charge on any atom is 0.261 e. The van der Waals surface area contributed by atoms with Gasteiger partial charge in [0.2, 0.25) is 0 Å². The number of rotatable bonds is 3. The Kier molecular flexibility index (Phi) is 3.82. The van der Waals surface area contributed by atoms with Gasteiger partial charge in [-0.05, 0) is 37.6 Å². The Morgan fingerprint density at radius 1 is 1.35 bits per heavy atom. The number of hydrogen-bond donors (Lipinski definition) is 2. The van der Waals surface area contributed by atoms with Crippen LogP contribution < -0.4 is 5.32 Å². The maximum atomic E-state index is 12.0. The minimum Gasteiger partial charge on any atom is -0.322 e. The summed E-state index contributed by atoms with van der Waals surface area (Å²) in [4.78, 5) is 12.0. The van der Waals surface area contributed by atoms with Crippen LogP contribution >= 0.6 is 10.7 Å². The lowest BCUT2D eigenvalue weighted by Crippen LogP contribution is -2.13. The van der Waals surface area contributed by atoms with Crippen LogP contribution in [0.5, 0.6) is 0 Å². The normalized spacial score (nSPS) is 11.3. The third kappa shape index (κ3) is 3.00. The molecule has 0 saturated carbocycles. The van der Waals surface area contributed by atoms with Crippen molar-refractivity contribution >= 4 is 31.3 Å². The summed E-state index contributed by atoms with van der Waals surface area (Å²) in [6, 6.07) is 4.24. The summed E-state index contributed by atoms with van der Waals surface area (Å²) in [5, 5.41) is 9.14. The van der Waals surface area contributed by atoms with Crippen molar-refractivity contribution in [1.82, 2.24) is 10.2 Å². The van der Waals surface area contributed by atoms with E-state index in [0.717, 1.165) is 0 Å². The van der Waals surface area contributed by atoms with Gasteiger partial charge in [0.15, 0.2) is 0 Å². The van der Waals surface area contributed by atoms with Crippen LogP contribution in [0.4, 0.5) is 5.69 Å². The van der Waals surface area contributed by atoms with Gasteiger partial charge in [-0.15, -0.1) is 0 Å². The molecule has 8 heteroatoms. The molecule has 0 unspecified atom stereocenters. The van der Waals surface area contributed by atoms with Crippen LogP contribution in [0.1, 0.15) is 21.6 Å². The molecule has 1 heterocycles. The first-order valence-corrected chi connectivity index (χ1v) is 7.96. The van der Waals surface area contributed by atoms with E-state index in [1.165, 1.54) is 24.4 Å². The molecule has 0 aliphatic rings. The summed E-state index contributed by atoms with van der Waals surface area (Å²) in [7, 11) is 1.49. The molecule has 0 saturated heterocycles. The minimum atomic E-state index is -3.78. The second-order valence-electron chi connectivity index (χ2n) is 4.28. The van der Waals surface area contributed by atoms with E-state index in [-0.39, 0.29) is 10.8 Å². The third-order valence-corrected chi connectivity index (χ3v) is 4.15. The molecule has 2 aromatic rings. The zero-order valence-corrected chi connectivity index (χ0v) is 12.3. The van der Waals surface area contributed by atoms with E-state index in [9.17, 15) is 13.2 Å². The number of halogens is 1.